The van der Waals surface area contributed by atoms with E-state index in [4.69, 9.17) is 4.74 Å². The SMILES string of the molecule is C=CC1CN(C(C)C(O)C2=CC=CCC(C)c3ccc(OC)cc32)CCC1C. The second-order valence-corrected chi connectivity index (χ2v) is 8.49. The Labute approximate surface area is 170 Å². The van der Waals surface area contributed by atoms with Crippen molar-refractivity contribution in [2.45, 2.75) is 51.7 Å². The van der Waals surface area contributed by atoms with Gasteiger partial charge in [0.25, 0.3) is 0 Å². The van der Waals surface area contributed by atoms with Crippen LogP contribution in [0.4, 0.5) is 0 Å². The normalized spacial score (nSPS) is 27.8. The molecule has 2 aliphatic rings. The van der Waals surface area contributed by atoms with E-state index in [9.17, 15) is 5.11 Å². The third kappa shape index (κ3) is 4.26. The van der Waals surface area contributed by atoms with E-state index in [1.807, 2.05) is 6.07 Å². The van der Waals surface area contributed by atoms with Gasteiger partial charge in [0.1, 0.15) is 5.75 Å². The Morgan fingerprint density at radius 2 is 2.11 bits per heavy atom. The van der Waals surface area contributed by atoms with Gasteiger partial charge in [0.05, 0.1) is 13.2 Å². The molecule has 1 aromatic rings. The van der Waals surface area contributed by atoms with Crippen molar-refractivity contribution >= 4 is 5.57 Å². The molecule has 3 heteroatoms. The number of hydrogen-bond acceptors (Lipinski definition) is 3. The Kier molecular flexibility index (Phi) is 6.79. The lowest BCUT2D eigenvalue weighted by Crippen LogP contribution is -2.48. The molecule has 28 heavy (non-hydrogen) atoms. The number of hydrogen-bond donors (Lipinski definition) is 1. The first-order valence-electron chi connectivity index (χ1n) is 10.6. The zero-order valence-corrected chi connectivity index (χ0v) is 17.8. The van der Waals surface area contributed by atoms with Gasteiger partial charge in [-0.2, -0.15) is 0 Å². The third-order valence-corrected chi connectivity index (χ3v) is 6.71. The molecule has 152 valence electrons. The van der Waals surface area contributed by atoms with Crippen LogP contribution in [0.25, 0.3) is 5.57 Å². The molecule has 0 bridgehead atoms. The van der Waals surface area contributed by atoms with Crippen LogP contribution in [0.1, 0.15) is 50.7 Å². The molecule has 0 aromatic heterocycles. The minimum absolute atomic E-state index is 0.0448. The Balaban J connectivity index is 1.92. The summed E-state index contributed by atoms with van der Waals surface area (Å²) in [5, 5.41) is 11.4. The molecule has 1 aliphatic carbocycles. The van der Waals surface area contributed by atoms with E-state index < -0.39 is 6.10 Å². The van der Waals surface area contributed by atoms with Crippen molar-refractivity contribution in [3.63, 3.8) is 0 Å². The maximum Gasteiger partial charge on any atom is 0.119 e. The predicted molar refractivity (Wildman–Crippen MR) is 118 cm³/mol. The molecule has 5 atom stereocenters. The van der Waals surface area contributed by atoms with E-state index in [0.29, 0.717) is 17.8 Å². The fourth-order valence-electron chi connectivity index (χ4n) is 4.53. The minimum atomic E-state index is -0.556. The molecule has 0 amide bonds. The van der Waals surface area contributed by atoms with Gasteiger partial charge in [-0.05, 0) is 72.9 Å². The summed E-state index contributed by atoms with van der Waals surface area (Å²) in [5.74, 6) is 2.39. The lowest BCUT2D eigenvalue weighted by molar-refractivity contribution is 0.0536. The molecule has 0 saturated carbocycles. The number of rotatable bonds is 5. The molecule has 1 N–H and O–H groups in total. The van der Waals surface area contributed by atoms with Crippen molar-refractivity contribution in [1.82, 2.24) is 4.90 Å². The van der Waals surface area contributed by atoms with Crippen LogP contribution in [0, 0.1) is 11.8 Å². The minimum Gasteiger partial charge on any atom is -0.497 e. The zero-order valence-electron chi connectivity index (χ0n) is 17.8. The largest absolute Gasteiger partial charge is 0.497 e. The van der Waals surface area contributed by atoms with Crippen molar-refractivity contribution in [3.05, 3.63) is 60.2 Å². The van der Waals surface area contributed by atoms with Gasteiger partial charge in [0, 0.05) is 12.6 Å². The highest BCUT2D eigenvalue weighted by Gasteiger charge is 2.32. The highest BCUT2D eigenvalue weighted by atomic mass is 16.5. The maximum absolute atomic E-state index is 11.4. The Morgan fingerprint density at radius 1 is 1.32 bits per heavy atom. The third-order valence-electron chi connectivity index (χ3n) is 6.71. The Hall–Kier alpha value is -1.84. The van der Waals surface area contributed by atoms with Gasteiger partial charge in [-0.3, -0.25) is 4.90 Å². The maximum atomic E-state index is 11.4. The van der Waals surface area contributed by atoms with Crippen molar-refractivity contribution in [3.8, 4) is 5.75 Å². The van der Waals surface area contributed by atoms with Crippen LogP contribution >= 0.6 is 0 Å². The first-order valence-corrected chi connectivity index (χ1v) is 10.6. The van der Waals surface area contributed by atoms with Crippen LogP contribution in [-0.4, -0.2) is 42.4 Å². The summed E-state index contributed by atoms with van der Waals surface area (Å²) in [4.78, 5) is 2.42. The van der Waals surface area contributed by atoms with Crippen molar-refractivity contribution in [2.24, 2.45) is 11.8 Å². The standard InChI is InChI=1S/C25H35NO2/c1-6-20-16-26(14-13-17(20)2)19(4)25(27)23-10-8-7-9-18(3)22-12-11-21(28-5)15-24(22)23/h6-8,10-12,15,17-20,25,27H,1,9,13-14,16H2,2-5H3. The molecule has 0 spiro atoms. The summed E-state index contributed by atoms with van der Waals surface area (Å²) >= 11 is 0. The molecular formula is C25H35NO2. The second kappa shape index (κ2) is 9.11. The number of nitrogens with zero attached hydrogens (tertiary/aromatic N) is 1. The van der Waals surface area contributed by atoms with E-state index in [1.165, 1.54) is 5.56 Å². The van der Waals surface area contributed by atoms with Crippen LogP contribution < -0.4 is 4.74 Å². The number of aliphatic hydroxyl groups excluding tert-OH is 1. The highest BCUT2D eigenvalue weighted by Crippen LogP contribution is 2.36. The van der Waals surface area contributed by atoms with E-state index >= 15 is 0 Å². The van der Waals surface area contributed by atoms with Crippen LogP contribution in [0.2, 0.25) is 0 Å². The number of aliphatic hydroxyl groups is 1. The first kappa shape index (κ1) is 20.9. The van der Waals surface area contributed by atoms with Gasteiger partial charge >= 0.3 is 0 Å². The summed E-state index contributed by atoms with van der Waals surface area (Å²) in [6.07, 6.45) is 10.0. The Bertz CT molecular complexity index is 751. The number of likely N-dealkylation sites (tertiary alicyclic amines) is 1. The lowest BCUT2D eigenvalue weighted by atomic mass is 9.83. The molecule has 0 radical (unpaired) electrons. The monoisotopic (exact) mass is 381 g/mol. The van der Waals surface area contributed by atoms with E-state index in [1.54, 1.807) is 7.11 Å². The van der Waals surface area contributed by atoms with Gasteiger partial charge in [0.2, 0.25) is 0 Å². The molecule has 3 rings (SSSR count). The van der Waals surface area contributed by atoms with Crippen molar-refractivity contribution in [1.29, 1.82) is 0 Å². The predicted octanol–water partition coefficient (Wildman–Crippen LogP) is 5.04. The number of benzene rings is 1. The van der Waals surface area contributed by atoms with E-state index in [0.717, 1.165) is 42.8 Å². The summed E-state index contributed by atoms with van der Waals surface area (Å²) in [6.45, 7) is 12.7. The summed E-state index contributed by atoms with van der Waals surface area (Å²) in [7, 11) is 1.70. The average Bonchev–Trinajstić information content (AvgIpc) is 2.71. The first-order chi connectivity index (χ1) is 13.5. The smallest absolute Gasteiger partial charge is 0.119 e. The number of methoxy groups -OCH3 is 1. The second-order valence-electron chi connectivity index (χ2n) is 8.49. The van der Waals surface area contributed by atoms with Crippen LogP contribution in [0.3, 0.4) is 0 Å². The molecule has 1 saturated heterocycles. The molecule has 1 aliphatic heterocycles. The molecule has 1 aromatic carbocycles. The topological polar surface area (TPSA) is 32.7 Å². The average molecular weight is 382 g/mol. The van der Waals surface area contributed by atoms with E-state index in [-0.39, 0.29) is 6.04 Å². The van der Waals surface area contributed by atoms with Crippen LogP contribution in [0.15, 0.2) is 49.1 Å². The summed E-state index contributed by atoms with van der Waals surface area (Å²) in [5.41, 5.74) is 3.37. The Morgan fingerprint density at radius 3 is 2.82 bits per heavy atom. The quantitative estimate of drug-likeness (QED) is 0.726. The molecule has 5 unspecified atom stereocenters. The van der Waals surface area contributed by atoms with Gasteiger partial charge < -0.3 is 9.84 Å². The van der Waals surface area contributed by atoms with Crippen LogP contribution in [0.5, 0.6) is 5.75 Å². The molecule has 1 heterocycles. The number of ether oxygens (including phenoxy) is 1. The van der Waals surface area contributed by atoms with E-state index in [2.05, 4.69) is 68.7 Å². The lowest BCUT2D eigenvalue weighted by Gasteiger charge is -2.41. The van der Waals surface area contributed by atoms with Gasteiger partial charge in [-0.15, -0.1) is 6.58 Å². The zero-order chi connectivity index (χ0) is 20.3. The van der Waals surface area contributed by atoms with Gasteiger partial charge in [-0.1, -0.05) is 44.2 Å². The highest BCUT2D eigenvalue weighted by molar-refractivity contribution is 5.75. The van der Waals surface area contributed by atoms with Crippen LogP contribution in [-0.2, 0) is 0 Å². The fraction of sp³-hybridized carbons (Fsp3) is 0.520. The van der Waals surface area contributed by atoms with Crippen molar-refractivity contribution < 1.29 is 9.84 Å². The number of fused-ring (bicyclic) bond motifs is 1. The molecule has 3 nitrogen and oxygen atoms in total. The van der Waals surface area contributed by atoms with Crippen molar-refractivity contribution in [2.75, 3.05) is 20.2 Å². The van der Waals surface area contributed by atoms with Gasteiger partial charge in [0.15, 0.2) is 0 Å². The summed E-state index contributed by atoms with van der Waals surface area (Å²) in [6, 6.07) is 6.30. The summed E-state index contributed by atoms with van der Waals surface area (Å²) < 4.78 is 5.48. The molecular weight excluding hydrogens is 346 g/mol. The van der Waals surface area contributed by atoms with Gasteiger partial charge in [-0.25, -0.2) is 0 Å². The number of piperidine rings is 1. The molecule has 1 fully saturated rings. The fourth-order valence-corrected chi connectivity index (χ4v) is 4.53. The number of allylic oxidation sites excluding steroid dienone is 3.